The van der Waals surface area contributed by atoms with Crippen LogP contribution in [0.5, 0.6) is 5.75 Å². The molecule has 1 saturated carbocycles. The zero-order chi connectivity index (χ0) is 22.2. The number of benzene rings is 2. The second kappa shape index (κ2) is 10.8. The average molecular weight is 423 g/mol. The van der Waals surface area contributed by atoms with Gasteiger partial charge in [0.1, 0.15) is 11.4 Å². The normalized spacial score (nSPS) is 13.7. The van der Waals surface area contributed by atoms with Crippen molar-refractivity contribution in [3.05, 3.63) is 70.9 Å². The van der Waals surface area contributed by atoms with Gasteiger partial charge in [0.15, 0.2) is 0 Å². The predicted molar refractivity (Wildman–Crippen MR) is 120 cm³/mol. The Morgan fingerprint density at radius 1 is 1.06 bits per heavy atom. The molecule has 0 heterocycles. The fourth-order valence-electron chi connectivity index (χ4n) is 2.96. The third-order valence-corrected chi connectivity index (χ3v) is 4.80. The fraction of sp³-hybridized carbons (Fsp3) is 0.360. The molecule has 0 aliphatic heterocycles. The first-order chi connectivity index (χ1) is 15.0. The van der Waals surface area contributed by atoms with Gasteiger partial charge < -0.3 is 10.1 Å². The highest BCUT2D eigenvalue weighted by Gasteiger charge is 2.23. The van der Waals surface area contributed by atoms with Crippen molar-refractivity contribution in [1.82, 2.24) is 10.8 Å². The SMILES string of the molecule is CCONC(=O)/C(=C/c1ccc(C2CC2)cc1)NC(=O)c1ccc(OCC(C)C)cc1. The summed E-state index contributed by atoms with van der Waals surface area (Å²) in [5, 5.41) is 2.70. The van der Waals surface area contributed by atoms with Crippen molar-refractivity contribution in [2.24, 2.45) is 5.92 Å². The maximum atomic E-state index is 12.7. The molecule has 1 aliphatic rings. The highest BCUT2D eigenvalue weighted by Crippen LogP contribution is 2.39. The van der Waals surface area contributed by atoms with Crippen LogP contribution in [0.4, 0.5) is 0 Å². The van der Waals surface area contributed by atoms with E-state index in [9.17, 15) is 9.59 Å². The second-order valence-electron chi connectivity index (χ2n) is 8.05. The summed E-state index contributed by atoms with van der Waals surface area (Å²) in [5.74, 6) is 0.871. The van der Waals surface area contributed by atoms with Crippen LogP contribution in [0.1, 0.15) is 61.0 Å². The molecule has 2 amide bonds. The Bertz CT molecular complexity index is 914. The standard InChI is InChI=1S/C25H30N2O4/c1-4-31-27-25(29)23(15-18-5-7-19(8-6-18)20-9-10-20)26-24(28)21-11-13-22(14-12-21)30-16-17(2)3/h5-8,11-15,17,20H,4,9-10,16H2,1-3H3,(H,26,28)(H,27,29)/b23-15-. The summed E-state index contributed by atoms with van der Waals surface area (Å²) < 4.78 is 5.65. The Morgan fingerprint density at radius 2 is 1.74 bits per heavy atom. The first-order valence-electron chi connectivity index (χ1n) is 10.7. The van der Waals surface area contributed by atoms with Crippen LogP contribution in [0.15, 0.2) is 54.2 Å². The Balaban J connectivity index is 1.72. The maximum absolute atomic E-state index is 12.7. The molecule has 2 aromatic rings. The van der Waals surface area contributed by atoms with Crippen LogP contribution in [0.3, 0.4) is 0 Å². The summed E-state index contributed by atoms with van der Waals surface area (Å²) in [5.41, 5.74) is 5.01. The lowest BCUT2D eigenvalue weighted by molar-refractivity contribution is -0.129. The first kappa shape index (κ1) is 22.6. The van der Waals surface area contributed by atoms with Gasteiger partial charge in [0.25, 0.3) is 11.8 Å². The number of carbonyl (C=O) groups excluding carboxylic acids is 2. The molecular weight excluding hydrogens is 392 g/mol. The smallest absolute Gasteiger partial charge is 0.291 e. The summed E-state index contributed by atoms with van der Waals surface area (Å²) in [6.07, 6.45) is 4.10. The number of ether oxygens (including phenoxy) is 1. The fourth-order valence-corrected chi connectivity index (χ4v) is 2.96. The number of rotatable bonds is 10. The summed E-state index contributed by atoms with van der Waals surface area (Å²) in [6, 6.07) is 14.9. The Kier molecular flexibility index (Phi) is 7.84. The van der Waals surface area contributed by atoms with Crippen molar-refractivity contribution >= 4 is 17.9 Å². The van der Waals surface area contributed by atoms with Crippen LogP contribution in [0.25, 0.3) is 6.08 Å². The number of hydrogen-bond donors (Lipinski definition) is 2. The highest BCUT2D eigenvalue weighted by molar-refractivity contribution is 6.05. The molecule has 0 bridgehead atoms. The molecule has 31 heavy (non-hydrogen) atoms. The second-order valence-corrected chi connectivity index (χ2v) is 8.05. The monoisotopic (exact) mass is 422 g/mol. The van der Waals surface area contributed by atoms with E-state index in [1.807, 2.05) is 12.1 Å². The predicted octanol–water partition coefficient (Wildman–Crippen LogP) is 4.44. The van der Waals surface area contributed by atoms with Gasteiger partial charge in [-0.1, -0.05) is 38.1 Å². The lowest BCUT2D eigenvalue weighted by Crippen LogP contribution is -2.34. The van der Waals surface area contributed by atoms with Crippen LogP contribution in [0, 0.1) is 5.92 Å². The number of carbonyl (C=O) groups is 2. The van der Waals surface area contributed by atoms with Crippen LogP contribution < -0.4 is 15.5 Å². The minimum Gasteiger partial charge on any atom is -0.493 e. The molecule has 6 nitrogen and oxygen atoms in total. The Morgan fingerprint density at radius 3 is 2.32 bits per heavy atom. The van der Waals surface area contributed by atoms with Gasteiger partial charge in [-0.25, -0.2) is 5.48 Å². The van der Waals surface area contributed by atoms with Gasteiger partial charge in [-0.2, -0.15) is 0 Å². The van der Waals surface area contributed by atoms with E-state index in [2.05, 4.69) is 36.8 Å². The van der Waals surface area contributed by atoms with Crippen molar-refractivity contribution in [2.45, 2.75) is 39.5 Å². The van der Waals surface area contributed by atoms with Crippen molar-refractivity contribution in [2.75, 3.05) is 13.2 Å². The summed E-state index contributed by atoms with van der Waals surface area (Å²) >= 11 is 0. The van der Waals surface area contributed by atoms with Crippen molar-refractivity contribution in [3.8, 4) is 5.75 Å². The number of amides is 2. The van der Waals surface area contributed by atoms with Crippen molar-refractivity contribution in [3.63, 3.8) is 0 Å². The largest absolute Gasteiger partial charge is 0.493 e. The third kappa shape index (κ3) is 6.96. The minimum absolute atomic E-state index is 0.109. The van der Waals surface area contributed by atoms with Gasteiger partial charge in [0.2, 0.25) is 0 Å². The molecule has 6 heteroatoms. The van der Waals surface area contributed by atoms with Gasteiger partial charge in [0.05, 0.1) is 13.2 Å². The molecule has 0 atom stereocenters. The van der Waals surface area contributed by atoms with E-state index < -0.39 is 5.91 Å². The number of hydrogen-bond acceptors (Lipinski definition) is 4. The summed E-state index contributed by atoms with van der Waals surface area (Å²) in [7, 11) is 0. The van der Waals surface area contributed by atoms with E-state index in [1.165, 1.54) is 18.4 Å². The lowest BCUT2D eigenvalue weighted by atomic mass is 10.1. The van der Waals surface area contributed by atoms with Crippen LogP contribution in [-0.4, -0.2) is 25.0 Å². The molecule has 2 aromatic carbocycles. The van der Waals surface area contributed by atoms with E-state index in [4.69, 9.17) is 9.57 Å². The Hall–Kier alpha value is -3.12. The quantitative estimate of drug-likeness (QED) is 0.438. The molecule has 0 unspecified atom stereocenters. The molecule has 1 fully saturated rings. The van der Waals surface area contributed by atoms with Crippen molar-refractivity contribution < 1.29 is 19.2 Å². The molecule has 3 rings (SSSR count). The summed E-state index contributed by atoms with van der Waals surface area (Å²) in [6.45, 7) is 6.84. The number of hydroxylamine groups is 1. The van der Waals surface area contributed by atoms with Gasteiger partial charge in [0, 0.05) is 5.56 Å². The van der Waals surface area contributed by atoms with Gasteiger partial charge in [-0.15, -0.1) is 0 Å². The molecule has 1 aliphatic carbocycles. The molecule has 2 N–H and O–H groups in total. The Labute approximate surface area is 183 Å². The molecule has 0 saturated heterocycles. The van der Waals surface area contributed by atoms with E-state index in [1.54, 1.807) is 37.3 Å². The van der Waals surface area contributed by atoms with Crippen LogP contribution >= 0.6 is 0 Å². The zero-order valence-electron chi connectivity index (χ0n) is 18.3. The molecule has 164 valence electrons. The third-order valence-electron chi connectivity index (χ3n) is 4.80. The molecule has 0 aromatic heterocycles. The highest BCUT2D eigenvalue weighted by atomic mass is 16.6. The van der Waals surface area contributed by atoms with Gasteiger partial charge in [-0.05, 0) is 73.1 Å². The zero-order valence-corrected chi connectivity index (χ0v) is 18.3. The van der Waals surface area contributed by atoms with Gasteiger partial charge >= 0.3 is 0 Å². The van der Waals surface area contributed by atoms with Gasteiger partial charge in [-0.3, -0.25) is 14.4 Å². The first-order valence-corrected chi connectivity index (χ1v) is 10.7. The maximum Gasteiger partial charge on any atom is 0.291 e. The summed E-state index contributed by atoms with van der Waals surface area (Å²) in [4.78, 5) is 30.3. The minimum atomic E-state index is -0.515. The topological polar surface area (TPSA) is 76.7 Å². The average Bonchev–Trinajstić information content (AvgIpc) is 3.62. The van der Waals surface area contributed by atoms with Crippen LogP contribution in [-0.2, 0) is 9.63 Å². The van der Waals surface area contributed by atoms with E-state index in [0.29, 0.717) is 36.4 Å². The molecular formula is C25H30N2O4. The number of nitrogens with one attached hydrogen (secondary N) is 2. The van der Waals surface area contributed by atoms with Crippen LogP contribution in [0.2, 0.25) is 0 Å². The van der Waals surface area contributed by atoms with E-state index >= 15 is 0 Å². The van der Waals surface area contributed by atoms with Crippen molar-refractivity contribution in [1.29, 1.82) is 0 Å². The molecule has 0 radical (unpaired) electrons. The molecule has 0 spiro atoms. The van der Waals surface area contributed by atoms with E-state index in [0.717, 1.165) is 5.56 Å². The van der Waals surface area contributed by atoms with E-state index in [-0.39, 0.29) is 11.6 Å². The lowest BCUT2D eigenvalue weighted by Gasteiger charge is -2.12.